The molecule has 6 rings (SSSR count). The van der Waals surface area contributed by atoms with Crippen molar-refractivity contribution >= 4 is 33.4 Å². The van der Waals surface area contributed by atoms with Gasteiger partial charge in [-0.25, -0.2) is 4.98 Å². The summed E-state index contributed by atoms with van der Waals surface area (Å²) in [7, 11) is 0. The number of rotatable bonds is 2. The van der Waals surface area contributed by atoms with E-state index in [1.807, 2.05) is 55.5 Å². The molecule has 0 radical (unpaired) electrons. The van der Waals surface area contributed by atoms with Crippen molar-refractivity contribution in [2.75, 3.05) is 0 Å². The lowest BCUT2D eigenvalue weighted by atomic mass is 9.77. The molecule has 0 amide bonds. The van der Waals surface area contributed by atoms with E-state index in [0.29, 0.717) is 38.6 Å². The third kappa shape index (κ3) is 3.96. The number of nitrogens with two attached hydrogens (primary N) is 1. The molecule has 8 heteroatoms. The van der Waals surface area contributed by atoms with Gasteiger partial charge >= 0.3 is 0 Å². The quantitative estimate of drug-likeness (QED) is 0.237. The summed E-state index contributed by atoms with van der Waals surface area (Å²) in [6, 6.07) is 19.1. The number of nitrogens with zero attached hydrogens (tertiary/aromatic N) is 2. The molecular formula is C31H26ClN5O2. The van der Waals surface area contributed by atoms with Gasteiger partial charge in [0.15, 0.2) is 0 Å². The number of aromatic amines is 2. The molecule has 1 aliphatic heterocycles. The molecular weight excluding hydrogens is 510 g/mol. The second kappa shape index (κ2) is 8.75. The molecule has 0 fully saturated rings. The average Bonchev–Trinajstić information content (AvgIpc) is 3.21. The lowest BCUT2D eigenvalue weighted by Gasteiger charge is -2.32. The van der Waals surface area contributed by atoms with Gasteiger partial charge in [-0.2, -0.15) is 5.26 Å². The van der Waals surface area contributed by atoms with Crippen LogP contribution >= 0.6 is 11.6 Å². The normalized spacial score (nSPS) is 15.3. The van der Waals surface area contributed by atoms with Crippen LogP contribution in [-0.4, -0.2) is 15.0 Å². The van der Waals surface area contributed by atoms with Crippen LogP contribution in [0.15, 0.2) is 70.8 Å². The number of halogens is 1. The van der Waals surface area contributed by atoms with E-state index in [1.54, 1.807) is 6.07 Å². The van der Waals surface area contributed by atoms with Crippen molar-refractivity contribution in [2.24, 2.45) is 5.73 Å². The molecule has 0 aliphatic carbocycles. The first-order valence-corrected chi connectivity index (χ1v) is 13.0. The van der Waals surface area contributed by atoms with E-state index < -0.39 is 5.92 Å². The minimum Gasteiger partial charge on any atom is -0.440 e. The van der Waals surface area contributed by atoms with Gasteiger partial charge in [-0.05, 0) is 60.4 Å². The van der Waals surface area contributed by atoms with Crippen LogP contribution in [0.4, 0.5) is 0 Å². The molecule has 3 heterocycles. The Kier molecular flexibility index (Phi) is 5.56. The van der Waals surface area contributed by atoms with Crippen molar-refractivity contribution in [2.45, 2.75) is 39.0 Å². The van der Waals surface area contributed by atoms with Crippen LogP contribution in [0.2, 0.25) is 5.02 Å². The van der Waals surface area contributed by atoms with Crippen molar-refractivity contribution in [3.8, 4) is 23.2 Å². The molecule has 0 saturated heterocycles. The maximum atomic E-state index is 13.0. The molecule has 1 aliphatic rings. The number of nitriles is 1. The Morgan fingerprint density at radius 1 is 1.08 bits per heavy atom. The maximum absolute atomic E-state index is 13.0. The standard InChI is InChI=1S/C31H26ClN5O2/c1-15-25(19-13-17(32)9-10-24(19)35-15)26-20-11-16(29-36-23-8-6-5-7-18(23)30(38)37-29)12-22(31(2,3)4)27(20)39-28(34)21(26)14-33/h5-13,26,35H,34H2,1-4H3,(H,36,37,38). The highest BCUT2D eigenvalue weighted by Gasteiger charge is 2.37. The summed E-state index contributed by atoms with van der Waals surface area (Å²) in [6.45, 7) is 8.22. The number of aryl methyl sites for hydroxylation is 1. The lowest BCUT2D eigenvalue weighted by Crippen LogP contribution is -2.25. The second-order valence-electron chi connectivity index (χ2n) is 10.9. The highest BCUT2D eigenvalue weighted by atomic mass is 35.5. The summed E-state index contributed by atoms with van der Waals surface area (Å²) in [4.78, 5) is 24.1. The van der Waals surface area contributed by atoms with E-state index in [9.17, 15) is 10.1 Å². The molecule has 194 valence electrons. The number of ether oxygens (including phenoxy) is 1. The number of aromatic nitrogens is 3. The van der Waals surface area contributed by atoms with Gasteiger partial charge < -0.3 is 20.4 Å². The van der Waals surface area contributed by atoms with Crippen LogP contribution in [0.1, 0.15) is 49.1 Å². The number of allylic oxidation sites excluding steroid dienone is 1. The van der Waals surface area contributed by atoms with Gasteiger partial charge in [0.1, 0.15) is 23.2 Å². The van der Waals surface area contributed by atoms with E-state index in [1.165, 1.54) is 0 Å². The first kappa shape index (κ1) is 24.8. The van der Waals surface area contributed by atoms with E-state index in [4.69, 9.17) is 27.1 Å². The number of para-hydroxylation sites is 1. The van der Waals surface area contributed by atoms with Gasteiger partial charge in [-0.3, -0.25) is 4.79 Å². The van der Waals surface area contributed by atoms with Crippen LogP contribution in [0.3, 0.4) is 0 Å². The van der Waals surface area contributed by atoms with Crippen LogP contribution < -0.4 is 16.0 Å². The van der Waals surface area contributed by atoms with Gasteiger partial charge in [0.2, 0.25) is 5.88 Å². The summed E-state index contributed by atoms with van der Waals surface area (Å²) >= 11 is 6.41. The molecule has 5 aromatic rings. The number of hydrogen-bond donors (Lipinski definition) is 3. The maximum Gasteiger partial charge on any atom is 0.259 e. The summed E-state index contributed by atoms with van der Waals surface area (Å²) < 4.78 is 6.19. The minimum absolute atomic E-state index is 0.0706. The predicted molar refractivity (Wildman–Crippen MR) is 154 cm³/mol. The van der Waals surface area contributed by atoms with Crippen LogP contribution in [-0.2, 0) is 5.41 Å². The molecule has 0 bridgehead atoms. The third-order valence-electron chi connectivity index (χ3n) is 7.30. The van der Waals surface area contributed by atoms with Crippen LogP contribution in [0, 0.1) is 18.3 Å². The lowest BCUT2D eigenvalue weighted by molar-refractivity contribution is 0.379. The van der Waals surface area contributed by atoms with Gasteiger partial charge in [-0.15, -0.1) is 0 Å². The molecule has 0 saturated carbocycles. The van der Waals surface area contributed by atoms with Crippen molar-refractivity contribution < 1.29 is 4.74 Å². The Bertz CT molecular complexity index is 1950. The fourth-order valence-corrected chi connectivity index (χ4v) is 5.64. The van der Waals surface area contributed by atoms with Crippen LogP contribution in [0.25, 0.3) is 33.2 Å². The Morgan fingerprint density at radius 3 is 2.59 bits per heavy atom. The summed E-state index contributed by atoms with van der Waals surface area (Å²) in [5, 5.41) is 12.3. The van der Waals surface area contributed by atoms with Gasteiger partial charge in [0, 0.05) is 38.3 Å². The van der Waals surface area contributed by atoms with E-state index >= 15 is 0 Å². The molecule has 2 aromatic heterocycles. The molecule has 3 aromatic carbocycles. The van der Waals surface area contributed by atoms with Crippen molar-refractivity contribution in [1.82, 2.24) is 15.0 Å². The van der Waals surface area contributed by atoms with Gasteiger partial charge in [0.25, 0.3) is 5.56 Å². The highest BCUT2D eigenvalue weighted by Crippen LogP contribution is 2.50. The Hall–Kier alpha value is -4.54. The second-order valence-corrected chi connectivity index (χ2v) is 11.3. The first-order chi connectivity index (χ1) is 18.6. The summed E-state index contributed by atoms with van der Waals surface area (Å²) in [5.74, 6) is 0.581. The Labute approximate surface area is 229 Å². The third-order valence-corrected chi connectivity index (χ3v) is 7.53. The van der Waals surface area contributed by atoms with E-state index in [2.05, 4.69) is 36.8 Å². The average molecular weight is 536 g/mol. The molecule has 1 unspecified atom stereocenters. The SMILES string of the molecule is Cc1[nH]c2ccc(Cl)cc2c1C1C(C#N)=C(N)Oc2c1cc(-c1nc3ccccc3c(=O)[nH]1)cc2C(C)(C)C. The largest absolute Gasteiger partial charge is 0.440 e. The number of fused-ring (bicyclic) bond motifs is 3. The number of benzene rings is 3. The highest BCUT2D eigenvalue weighted by molar-refractivity contribution is 6.31. The zero-order valence-corrected chi connectivity index (χ0v) is 22.7. The monoisotopic (exact) mass is 535 g/mol. The molecule has 39 heavy (non-hydrogen) atoms. The van der Waals surface area contributed by atoms with Gasteiger partial charge in [-0.1, -0.05) is 44.5 Å². The number of H-pyrrole nitrogens is 2. The van der Waals surface area contributed by atoms with E-state index in [-0.39, 0.29) is 16.9 Å². The zero-order chi connectivity index (χ0) is 27.6. The molecule has 7 nitrogen and oxygen atoms in total. The Morgan fingerprint density at radius 2 is 1.85 bits per heavy atom. The van der Waals surface area contributed by atoms with Gasteiger partial charge in [0.05, 0.1) is 16.8 Å². The fraction of sp³-hybridized carbons (Fsp3) is 0.194. The number of nitrogens with one attached hydrogen (secondary N) is 2. The Balaban J connectivity index is 1.70. The van der Waals surface area contributed by atoms with Crippen LogP contribution in [0.5, 0.6) is 5.75 Å². The molecule has 0 spiro atoms. The number of hydrogen-bond acceptors (Lipinski definition) is 5. The zero-order valence-electron chi connectivity index (χ0n) is 21.9. The molecule has 4 N–H and O–H groups in total. The minimum atomic E-state index is -0.529. The smallest absolute Gasteiger partial charge is 0.259 e. The van der Waals surface area contributed by atoms with Crippen molar-refractivity contribution in [3.05, 3.63) is 104 Å². The van der Waals surface area contributed by atoms with Crippen molar-refractivity contribution in [3.63, 3.8) is 0 Å². The van der Waals surface area contributed by atoms with Crippen molar-refractivity contribution in [1.29, 1.82) is 5.26 Å². The fourth-order valence-electron chi connectivity index (χ4n) is 5.47. The first-order valence-electron chi connectivity index (χ1n) is 12.6. The topological polar surface area (TPSA) is 121 Å². The summed E-state index contributed by atoms with van der Waals surface area (Å²) in [6.07, 6.45) is 0. The predicted octanol–water partition coefficient (Wildman–Crippen LogP) is 6.55. The van der Waals surface area contributed by atoms with E-state index in [0.717, 1.165) is 33.3 Å². The molecule has 1 atom stereocenters. The summed E-state index contributed by atoms with van der Waals surface area (Å²) in [5.41, 5.74) is 11.8.